The van der Waals surface area contributed by atoms with Crippen LogP contribution in [0.4, 0.5) is 5.69 Å². The smallest absolute Gasteiger partial charge is 0.0455 e. The van der Waals surface area contributed by atoms with Gasteiger partial charge in [0, 0.05) is 42.9 Å². The lowest BCUT2D eigenvalue weighted by Gasteiger charge is -2.35. The number of anilines is 1. The van der Waals surface area contributed by atoms with Crippen molar-refractivity contribution in [1.82, 2.24) is 10.6 Å². The lowest BCUT2D eigenvalue weighted by molar-refractivity contribution is 0.443. The molecule has 1 aliphatic heterocycles. The highest BCUT2D eigenvalue weighted by Crippen LogP contribution is 2.23. The van der Waals surface area contributed by atoms with Crippen molar-refractivity contribution in [3.05, 3.63) is 28.8 Å². The molecule has 1 saturated heterocycles. The maximum Gasteiger partial charge on any atom is 0.0455 e. The van der Waals surface area contributed by atoms with Crippen LogP contribution in [0.3, 0.4) is 0 Å². The van der Waals surface area contributed by atoms with Crippen LogP contribution in [0.25, 0.3) is 0 Å². The highest BCUT2D eigenvalue weighted by atomic mass is 35.5. The number of likely N-dealkylation sites (N-methyl/N-ethyl adjacent to an activating group) is 1. The van der Waals surface area contributed by atoms with Gasteiger partial charge in [0.25, 0.3) is 0 Å². The largest absolute Gasteiger partial charge is 0.369 e. The van der Waals surface area contributed by atoms with Crippen LogP contribution in [0.1, 0.15) is 5.56 Å². The SMILES string of the molecule is CNCC1CN(c2ccc(C)c(Cl)c2)CCN1. The first-order valence-corrected chi connectivity index (χ1v) is 6.47. The highest BCUT2D eigenvalue weighted by molar-refractivity contribution is 6.31. The van der Waals surface area contributed by atoms with Crippen molar-refractivity contribution in [1.29, 1.82) is 0 Å². The molecule has 4 heteroatoms. The van der Waals surface area contributed by atoms with E-state index in [1.165, 1.54) is 5.69 Å². The zero-order valence-corrected chi connectivity index (χ0v) is 11.2. The Hall–Kier alpha value is -0.770. The van der Waals surface area contributed by atoms with Gasteiger partial charge in [0.05, 0.1) is 0 Å². The average Bonchev–Trinajstić information content (AvgIpc) is 2.33. The molecular weight excluding hydrogens is 234 g/mol. The third-order valence-corrected chi connectivity index (χ3v) is 3.63. The molecule has 0 saturated carbocycles. The molecule has 0 bridgehead atoms. The summed E-state index contributed by atoms with van der Waals surface area (Å²) in [4.78, 5) is 2.39. The summed E-state index contributed by atoms with van der Waals surface area (Å²) >= 11 is 6.18. The zero-order valence-electron chi connectivity index (χ0n) is 10.5. The van der Waals surface area contributed by atoms with Crippen molar-refractivity contribution < 1.29 is 0 Å². The minimum atomic E-state index is 0.508. The van der Waals surface area contributed by atoms with E-state index < -0.39 is 0 Å². The van der Waals surface area contributed by atoms with Gasteiger partial charge in [-0.05, 0) is 31.7 Å². The minimum absolute atomic E-state index is 0.508. The third-order valence-electron chi connectivity index (χ3n) is 3.23. The molecule has 3 nitrogen and oxygen atoms in total. The van der Waals surface area contributed by atoms with E-state index in [9.17, 15) is 0 Å². The van der Waals surface area contributed by atoms with Crippen LogP contribution < -0.4 is 15.5 Å². The van der Waals surface area contributed by atoms with E-state index in [2.05, 4.69) is 33.7 Å². The number of rotatable bonds is 3. The number of benzene rings is 1. The first-order chi connectivity index (χ1) is 8.20. The second-order valence-electron chi connectivity index (χ2n) is 4.59. The number of nitrogens with one attached hydrogen (secondary N) is 2. The van der Waals surface area contributed by atoms with Gasteiger partial charge >= 0.3 is 0 Å². The van der Waals surface area contributed by atoms with E-state index in [4.69, 9.17) is 11.6 Å². The molecule has 0 radical (unpaired) electrons. The van der Waals surface area contributed by atoms with Crippen LogP contribution in [0.2, 0.25) is 5.02 Å². The summed E-state index contributed by atoms with van der Waals surface area (Å²) in [6, 6.07) is 6.82. The van der Waals surface area contributed by atoms with Gasteiger partial charge < -0.3 is 15.5 Å². The van der Waals surface area contributed by atoms with E-state index in [-0.39, 0.29) is 0 Å². The molecule has 1 aromatic carbocycles. The fourth-order valence-corrected chi connectivity index (χ4v) is 2.40. The second kappa shape index (κ2) is 5.71. The van der Waals surface area contributed by atoms with Crippen molar-refractivity contribution in [2.24, 2.45) is 0 Å². The van der Waals surface area contributed by atoms with Crippen LogP contribution >= 0.6 is 11.6 Å². The molecule has 1 atom stereocenters. The minimum Gasteiger partial charge on any atom is -0.369 e. The van der Waals surface area contributed by atoms with Crippen molar-refractivity contribution >= 4 is 17.3 Å². The van der Waals surface area contributed by atoms with Gasteiger partial charge in [-0.2, -0.15) is 0 Å². The molecule has 1 heterocycles. The second-order valence-corrected chi connectivity index (χ2v) is 5.00. The van der Waals surface area contributed by atoms with Crippen LogP contribution in [-0.4, -0.2) is 39.3 Å². The summed E-state index contributed by atoms with van der Waals surface area (Å²) in [5.74, 6) is 0. The zero-order chi connectivity index (χ0) is 12.3. The van der Waals surface area contributed by atoms with Gasteiger partial charge in [-0.15, -0.1) is 0 Å². The first kappa shape index (κ1) is 12.7. The van der Waals surface area contributed by atoms with Crippen LogP contribution in [-0.2, 0) is 0 Å². The lowest BCUT2D eigenvalue weighted by atomic mass is 10.1. The van der Waals surface area contributed by atoms with Gasteiger partial charge in [-0.25, -0.2) is 0 Å². The van der Waals surface area contributed by atoms with Crippen LogP contribution in [0, 0.1) is 6.92 Å². The molecule has 0 amide bonds. The summed E-state index contributed by atoms with van der Waals surface area (Å²) in [6.07, 6.45) is 0. The molecule has 17 heavy (non-hydrogen) atoms. The van der Waals surface area contributed by atoms with Crippen molar-refractivity contribution in [2.45, 2.75) is 13.0 Å². The average molecular weight is 254 g/mol. The molecule has 1 fully saturated rings. The number of piperazine rings is 1. The molecule has 1 aromatic rings. The standard InChI is InChI=1S/C13H20ClN3/c1-10-3-4-12(7-13(10)14)17-6-5-16-11(9-17)8-15-2/h3-4,7,11,15-16H,5-6,8-9H2,1-2H3. The quantitative estimate of drug-likeness (QED) is 0.858. The van der Waals surface area contributed by atoms with Gasteiger partial charge in [0.1, 0.15) is 0 Å². The van der Waals surface area contributed by atoms with Gasteiger partial charge in [-0.1, -0.05) is 17.7 Å². The normalized spacial score (nSPS) is 20.6. The summed E-state index contributed by atoms with van der Waals surface area (Å²) in [5, 5.41) is 7.58. The van der Waals surface area contributed by atoms with Gasteiger partial charge in [-0.3, -0.25) is 0 Å². The molecule has 0 aliphatic carbocycles. The van der Waals surface area contributed by atoms with Crippen molar-refractivity contribution in [2.75, 3.05) is 38.1 Å². The maximum absolute atomic E-state index is 6.18. The van der Waals surface area contributed by atoms with Crippen molar-refractivity contribution in [3.63, 3.8) is 0 Å². The third kappa shape index (κ3) is 3.12. The van der Waals surface area contributed by atoms with Crippen LogP contribution in [0.15, 0.2) is 18.2 Å². The predicted octanol–water partition coefficient (Wildman–Crippen LogP) is 1.65. The molecule has 0 spiro atoms. The molecule has 1 aliphatic rings. The predicted molar refractivity (Wildman–Crippen MR) is 74.1 cm³/mol. The summed E-state index contributed by atoms with van der Waals surface area (Å²) in [7, 11) is 1.99. The molecular formula is C13H20ClN3. The Balaban J connectivity index is 2.08. The number of nitrogens with zero attached hydrogens (tertiary/aromatic N) is 1. The van der Waals surface area contributed by atoms with E-state index in [1.54, 1.807) is 0 Å². The van der Waals surface area contributed by atoms with Crippen molar-refractivity contribution in [3.8, 4) is 0 Å². The number of halogens is 1. The van der Waals surface area contributed by atoms with E-state index in [1.807, 2.05) is 14.0 Å². The Kier molecular flexibility index (Phi) is 4.26. The Labute approximate surface area is 108 Å². The highest BCUT2D eigenvalue weighted by Gasteiger charge is 2.19. The lowest BCUT2D eigenvalue weighted by Crippen LogP contribution is -2.54. The number of hydrogen-bond donors (Lipinski definition) is 2. The summed E-state index contributed by atoms with van der Waals surface area (Å²) < 4.78 is 0. The molecule has 2 rings (SSSR count). The van der Waals surface area contributed by atoms with Gasteiger partial charge in [0.2, 0.25) is 0 Å². The molecule has 94 valence electrons. The van der Waals surface area contributed by atoms with Crippen LogP contribution in [0.5, 0.6) is 0 Å². The topological polar surface area (TPSA) is 27.3 Å². The maximum atomic E-state index is 6.18. The fraction of sp³-hybridized carbons (Fsp3) is 0.538. The summed E-state index contributed by atoms with van der Waals surface area (Å²) in [5.41, 5.74) is 2.36. The fourth-order valence-electron chi connectivity index (χ4n) is 2.22. The monoisotopic (exact) mass is 253 g/mol. The number of hydrogen-bond acceptors (Lipinski definition) is 3. The van der Waals surface area contributed by atoms with E-state index in [0.717, 1.165) is 36.8 Å². The Morgan fingerprint density at radius 2 is 2.35 bits per heavy atom. The molecule has 1 unspecified atom stereocenters. The number of aryl methyl sites for hydroxylation is 1. The molecule has 2 N–H and O–H groups in total. The van der Waals surface area contributed by atoms with E-state index in [0.29, 0.717) is 6.04 Å². The first-order valence-electron chi connectivity index (χ1n) is 6.10. The summed E-state index contributed by atoms with van der Waals surface area (Å²) in [6.45, 7) is 6.13. The Morgan fingerprint density at radius 1 is 1.53 bits per heavy atom. The van der Waals surface area contributed by atoms with Gasteiger partial charge in [0.15, 0.2) is 0 Å². The Bertz CT molecular complexity index is 379. The van der Waals surface area contributed by atoms with E-state index >= 15 is 0 Å². The Morgan fingerprint density at radius 3 is 3.06 bits per heavy atom. The molecule has 0 aromatic heterocycles.